The van der Waals surface area contributed by atoms with Crippen LogP contribution < -0.4 is 19.7 Å². The van der Waals surface area contributed by atoms with Crippen molar-refractivity contribution in [3.63, 3.8) is 0 Å². The van der Waals surface area contributed by atoms with Crippen molar-refractivity contribution < 1.29 is 28.6 Å². The van der Waals surface area contributed by atoms with Crippen LogP contribution in [0.1, 0.15) is 95.3 Å². The van der Waals surface area contributed by atoms with Gasteiger partial charge in [-0.05, 0) is 112 Å². The molecule has 0 aliphatic heterocycles. The Hall–Kier alpha value is -3.04. The van der Waals surface area contributed by atoms with E-state index in [-0.39, 0.29) is 6.61 Å². The van der Waals surface area contributed by atoms with Gasteiger partial charge in [-0.3, -0.25) is 0 Å². The van der Waals surface area contributed by atoms with Crippen LogP contribution in [0.15, 0.2) is 60.7 Å². The average Bonchev–Trinajstić information content (AvgIpc) is 4.00. The zero-order chi connectivity index (χ0) is 38.0. The lowest BCUT2D eigenvalue weighted by atomic mass is 10.1. The van der Waals surface area contributed by atoms with Crippen molar-refractivity contribution >= 4 is 53.6 Å². The molecule has 5 aromatic rings. The van der Waals surface area contributed by atoms with Crippen molar-refractivity contribution in [3.05, 3.63) is 65.5 Å². The molecule has 54 heavy (non-hydrogen) atoms. The number of ether oxygens (including phenoxy) is 2. The minimum Gasteiger partial charge on any atom is -0.493 e. The van der Waals surface area contributed by atoms with Gasteiger partial charge < -0.3 is 20.3 Å². The number of hydrogen-bond donors (Lipinski definition) is 3. The van der Waals surface area contributed by atoms with Crippen LogP contribution in [-0.2, 0) is 4.57 Å². The number of unbranched alkanes of at least 4 members (excludes halogenated alkanes) is 10. The normalized spacial score (nSPS) is 11.4. The molecule has 0 amide bonds. The van der Waals surface area contributed by atoms with E-state index in [1.54, 1.807) is 40.1 Å². The van der Waals surface area contributed by atoms with Gasteiger partial charge >= 0.3 is 8.25 Å². The van der Waals surface area contributed by atoms with E-state index in [1.807, 2.05) is 6.07 Å². The fraction of sp³-hybridized carbons (Fsp3) is 0.429. The SMILES string of the molecule is CCCCCCCCC#Cc1ccc(-c2ccc(-c3cc(OCCCCCO)c(-c4ccc(-c5ccc(O[P+](=O)O)s5)s4)cc3OCCCCCN)s2)s1. The summed E-state index contributed by atoms with van der Waals surface area (Å²) in [6.07, 6.45) is 14.0. The highest BCUT2D eigenvalue weighted by Gasteiger charge is 2.21. The Morgan fingerprint density at radius 2 is 1.19 bits per heavy atom. The zero-order valence-corrected chi connectivity index (χ0v) is 35.1. The first-order valence-electron chi connectivity index (χ1n) is 19.0. The Balaban J connectivity index is 1.42. The molecular weight excluding hydrogens is 774 g/mol. The van der Waals surface area contributed by atoms with Crippen molar-refractivity contribution in [2.24, 2.45) is 5.73 Å². The van der Waals surface area contributed by atoms with Crippen molar-refractivity contribution in [2.75, 3.05) is 26.4 Å². The van der Waals surface area contributed by atoms with E-state index >= 15 is 0 Å². The van der Waals surface area contributed by atoms with Crippen LogP contribution in [0.2, 0.25) is 0 Å². The summed E-state index contributed by atoms with van der Waals surface area (Å²) in [6, 6.07) is 20.7. The van der Waals surface area contributed by atoms with Gasteiger partial charge in [0.15, 0.2) is 0 Å². The first-order chi connectivity index (χ1) is 26.5. The number of benzene rings is 1. The molecule has 1 atom stereocenters. The van der Waals surface area contributed by atoms with Gasteiger partial charge in [-0.1, -0.05) is 62.2 Å². The van der Waals surface area contributed by atoms with Crippen LogP contribution in [0.3, 0.4) is 0 Å². The molecule has 4 heterocycles. The first kappa shape index (κ1) is 42.1. The molecule has 0 fully saturated rings. The summed E-state index contributed by atoms with van der Waals surface area (Å²) in [7, 11) is -2.72. The Labute approximate surface area is 337 Å². The second-order valence-corrected chi connectivity index (χ2v) is 17.9. The van der Waals surface area contributed by atoms with E-state index in [2.05, 4.69) is 67.3 Å². The van der Waals surface area contributed by atoms with E-state index in [0.717, 1.165) is 92.0 Å². The van der Waals surface area contributed by atoms with Crippen molar-refractivity contribution in [2.45, 2.75) is 90.4 Å². The van der Waals surface area contributed by atoms with Crippen LogP contribution in [0.4, 0.5) is 0 Å². The van der Waals surface area contributed by atoms with E-state index in [4.69, 9.17) is 19.7 Å². The number of aliphatic hydroxyl groups is 1. The predicted molar refractivity (Wildman–Crippen MR) is 230 cm³/mol. The molecule has 0 saturated heterocycles. The molecule has 0 spiro atoms. The smallest absolute Gasteiger partial charge is 0.493 e. The summed E-state index contributed by atoms with van der Waals surface area (Å²) in [5.41, 5.74) is 7.70. The molecule has 12 heteroatoms. The van der Waals surface area contributed by atoms with Gasteiger partial charge in [-0.15, -0.1) is 38.9 Å². The lowest BCUT2D eigenvalue weighted by Crippen LogP contribution is -2.03. The highest BCUT2D eigenvalue weighted by molar-refractivity contribution is 7.33. The van der Waals surface area contributed by atoms with Crippen LogP contribution in [-0.4, -0.2) is 36.4 Å². The third-order valence-corrected chi connectivity index (χ3v) is 13.8. The maximum atomic E-state index is 11.2. The first-order valence-corrected chi connectivity index (χ1v) is 23.4. The molecule has 5 rings (SSSR count). The second kappa shape index (κ2) is 23.1. The van der Waals surface area contributed by atoms with Gasteiger partial charge in [0.25, 0.3) is 0 Å². The Kier molecular flexibility index (Phi) is 18.0. The molecule has 0 radical (unpaired) electrons. The summed E-state index contributed by atoms with van der Waals surface area (Å²) < 4.78 is 29.3. The van der Waals surface area contributed by atoms with Gasteiger partial charge in [0.05, 0.1) is 18.1 Å². The highest BCUT2D eigenvalue weighted by Crippen LogP contribution is 2.48. The van der Waals surface area contributed by atoms with E-state index in [9.17, 15) is 14.6 Å². The number of hydrogen-bond acceptors (Lipinski definition) is 10. The fourth-order valence-corrected chi connectivity index (χ4v) is 10.3. The van der Waals surface area contributed by atoms with E-state index in [1.165, 1.54) is 59.6 Å². The summed E-state index contributed by atoms with van der Waals surface area (Å²) in [4.78, 5) is 16.8. The zero-order valence-electron chi connectivity index (χ0n) is 31.0. The van der Waals surface area contributed by atoms with Crippen molar-refractivity contribution in [1.29, 1.82) is 0 Å². The number of rotatable bonds is 24. The molecule has 1 unspecified atom stereocenters. The van der Waals surface area contributed by atoms with Gasteiger partial charge in [0, 0.05) is 58.0 Å². The fourth-order valence-electron chi connectivity index (χ4n) is 5.85. The summed E-state index contributed by atoms with van der Waals surface area (Å²) in [6.45, 7) is 4.21. The van der Waals surface area contributed by atoms with Gasteiger partial charge in [-0.2, -0.15) is 0 Å². The lowest BCUT2D eigenvalue weighted by molar-refractivity contribution is 0.266. The molecule has 1 aromatic carbocycles. The third kappa shape index (κ3) is 13.0. The van der Waals surface area contributed by atoms with E-state index in [0.29, 0.717) is 24.8 Å². The second-order valence-electron chi connectivity index (χ2n) is 12.9. The molecule has 0 aliphatic carbocycles. The summed E-state index contributed by atoms with van der Waals surface area (Å²) >= 11 is 6.44. The average molecular weight is 825 g/mol. The minimum atomic E-state index is -2.72. The molecule has 0 aliphatic rings. The van der Waals surface area contributed by atoms with Crippen molar-refractivity contribution in [1.82, 2.24) is 0 Å². The number of thiophene rings is 4. The molecule has 7 nitrogen and oxygen atoms in total. The maximum Gasteiger partial charge on any atom is 0.748 e. The van der Waals surface area contributed by atoms with Crippen LogP contribution >= 0.6 is 53.6 Å². The third-order valence-electron chi connectivity index (χ3n) is 8.70. The van der Waals surface area contributed by atoms with Crippen LogP contribution in [0, 0.1) is 11.8 Å². The molecule has 288 valence electrons. The Bertz CT molecular complexity index is 1950. The molecule has 0 bridgehead atoms. The maximum absolute atomic E-state index is 11.2. The quantitative estimate of drug-likeness (QED) is 0.0323. The molecular formula is C42H51NO6PS4+. The number of aliphatic hydroxyl groups excluding tert-OH is 1. The monoisotopic (exact) mass is 824 g/mol. The Morgan fingerprint density at radius 1 is 0.648 bits per heavy atom. The molecule has 4 aromatic heterocycles. The summed E-state index contributed by atoms with van der Waals surface area (Å²) in [5, 5.41) is 9.70. The van der Waals surface area contributed by atoms with Crippen LogP contribution in [0.25, 0.3) is 40.4 Å². The topological polar surface area (TPSA) is 111 Å². The lowest BCUT2D eigenvalue weighted by Gasteiger charge is -2.17. The van der Waals surface area contributed by atoms with Gasteiger partial charge in [-0.25, -0.2) is 4.52 Å². The Morgan fingerprint density at radius 3 is 1.81 bits per heavy atom. The highest BCUT2D eigenvalue weighted by atomic mass is 32.1. The standard InChI is InChI=1S/C42H50NO6PS4/c1-2-3-4-5-6-7-8-11-16-31-17-18-38(51-31)39-21-19-36(52-39)32-29-35(48-28-15-10-13-26-44)33(30-34(32)47-27-14-9-12-25-43)37-20-22-40(53-37)41-23-24-42(54-41)49-50(45)46/h17-24,29-30,44H,2-10,12-15,25-28,43H2,1H3/p+1. The van der Waals surface area contributed by atoms with Gasteiger partial charge in [0.1, 0.15) is 11.5 Å². The van der Waals surface area contributed by atoms with Crippen LogP contribution in [0.5, 0.6) is 16.6 Å². The van der Waals surface area contributed by atoms with Gasteiger partial charge in [0.2, 0.25) is 5.06 Å². The van der Waals surface area contributed by atoms with Crippen molar-refractivity contribution in [3.8, 4) is 68.8 Å². The minimum absolute atomic E-state index is 0.174. The molecule has 0 saturated carbocycles. The largest absolute Gasteiger partial charge is 0.748 e. The number of nitrogens with two attached hydrogens (primary N) is 1. The van der Waals surface area contributed by atoms with E-state index < -0.39 is 8.25 Å². The summed E-state index contributed by atoms with van der Waals surface area (Å²) in [5.74, 6) is 8.36. The predicted octanol–water partition coefficient (Wildman–Crippen LogP) is 12.8. The molecule has 4 N–H and O–H groups in total.